The van der Waals surface area contributed by atoms with Crippen LogP contribution < -0.4 is 14.6 Å². The number of aliphatic carboxylic acids is 1. The third kappa shape index (κ3) is 3.69. The van der Waals surface area contributed by atoms with E-state index < -0.39 is 17.5 Å². The van der Waals surface area contributed by atoms with Crippen molar-refractivity contribution < 1.29 is 28.8 Å². The Hall–Kier alpha value is -3.36. The van der Waals surface area contributed by atoms with Gasteiger partial charge in [0.1, 0.15) is 6.61 Å². The molecule has 2 rings (SSSR count). The molecule has 2 aromatic rings. The molecule has 24 heavy (non-hydrogen) atoms. The van der Waals surface area contributed by atoms with E-state index in [0.717, 1.165) is 0 Å². The number of benzene rings is 1. The van der Waals surface area contributed by atoms with E-state index in [0.29, 0.717) is 11.3 Å². The number of aryl methyl sites for hydroxylation is 1. The van der Waals surface area contributed by atoms with Crippen LogP contribution in [0.25, 0.3) is 12.2 Å². The molecule has 1 heterocycles. The zero-order chi connectivity index (χ0) is 17.7. The number of aromatic nitrogens is 1. The molecule has 0 aliphatic rings. The first-order valence-electron chi connectivity index (χ1n) is 6.72. The van der Waals surface area contributed by atoms with Crippen molar-refractivity contribution in [1.29, 1.82) is 0 Å². The Labute approximate surface area is 136 Å². The van der Waals surface area contributed by atoms with Crippen molar-refractivity contribution in [2.45, 2.75) is 6.92 Å². The maximum atomic E-state index is 11.0. The summed E-state index contributed by atoms with van der Waals surface area (Å²) >= 11 is 0. The molecule has 0 fully saturated rings. The lowest BCUT2D eigenvalue weighted by molar-refractivity contribution is -0.386. The van der Waals surface area contributed by atoms with Crippen molar-refractivity contribution in [3.8, 4) is 11.5 Å². The Kier molecular flexibility index (Phi) is 5.15. The number of ether oxygens (including phenoxy) is 2. The van der Waals surface area contributed by atoms with Gasteiger partial charge in [-0.2, -0.15) is 0 Å². The van der Waals surface area contributed by atoms with Crippen LogP contribution in [0.3, 0.4) is 0 Å². The standard InChI is InChI=1S/C15H14N2O7/c1-9-14(17(20)21)11(24-16-9)7-6-10-4-3-5-12(22-2)15(10)23-8-13(18)19/h3-7H,8H2,1-2H3,(H,18,19)/p-1/b7-6-. The van der Waals surface area contributed by atoms with Crippen LogP contribution in [0.5, 0.6) is 11.5 Å². The Morgan fingerprint density at radius 2 is 2.17 bits per heavy atom. The molecular weight excluding hydrogens is 320 g/mol. The van der Waals surface area contributed by atoms with Gasteiger partial charge in [0.05, 0.1) is 18.0 Å². The number of nitrogens with zero attached hydrogens (tertiary/aromatic N) is 2. The van der Waals surface area contributed by atoms with Crippen molar-refractivity contribution in [3.63, 3.8) is 0 Å². The summed E-state index contributed by atoms with van der Waals surface area (Å²) in [6.07, 6.45) is 2.82. The molecule has 0 radical (unpaired) electrons. The molecule has 0 spiro atoms. The summed E-state index contributed by atoms with van der Waals surface area (Å²) in [5.41, 5.74) is 0.351. The molecule has 9 heteroatoms. The fraction of sp³-hybridized carbons (Fsp3) is 0.200. The minimum atomic E-state index is -1.39. The number of hydrogen-bond acceptors (Lipinski definition) is 8. The van der Waals surface area contributed by atoms with Crippen molar-refractivity contribution in [2.75, 3.05) is 13.7 Å². The molecule has 0 aliphatic carbocycles. The number of hydrogen-bond donors (Lipinski definition) is 0. The summed E-state index contributed by atoms with van der Waals surface area (Å²) in [5, 5.41) is 25.2. The zero-order valence-corrected chi connectivity index (χ0v) is 12.8. The van der Waals surface area contributed by atoms with Gasteiger partial charge in [0.2, 0.25) is 5.76 Å². The third-order valence-corrected chi connectivity index (χ3v) is 3.02. The molecule has 0 aliphatic heterocycles. The monoisotopic (exact) mass is 333 g/mol. The van der Waals surface area contributed by atoms with Crippen molar-refractivity contribution >= 4 is 23.8 Å². The van der Waals surface area contributed by atoms with Crippen LogP contribution in [0.4, 0.5) is 5.69 Å². The first-order valence-corrected chi connectivity index (χ1v) is 6.72. The van der Waals surface area contributed by atoms with E-state index in [9.17, 15) is 20.0 Å². The summed E-state index contributed by atoms with van der Waals surface area (Å²) in [4.78, 5) is 21.0. The summed E-state index contributed by atoms with van der Waals surface area (Å²) in [6, 6.07) is 4.87. The number of carbonyl (C=O) groups excluding carboxylic acids is 1. The topological polar surface area (TPSA) is 128 Å². The molecule has 0 atom stereocenters. The SMILES string of the molecule is COc1cccc(/C=C\c2onc(C)c2[N+](=O)[O-])c1OCC(=O)[O-]. The molecule has 9 nitrogen and oxygen atoms in total. The average molecular weight is 333 g/mol. The fourth-order valence-corrected chi connectivity index (χ4v) is 1.99. The van der Waals surface area contributed by atoms with E-state index in [-0.39, 0.29) is 22.9 Å². The Bertz CT molecular complexity index is 795. The molecule has 0 unspecified atom stereocenters. The molecule has 1 aromatic carbocycles. The van der Waals surface area contributed by atoms with Gasteiger partial charge in [0.25, 0.3) is 0 Å². The zero-order valence-electron chi connectivity index (χ0n) is 12.8. The Morgan fingerprint density at radius 1 is 1.42 bits per heavy atom. The van der Waals surface area contributed by atoms with Gasteiger partial charge in [-0.3, -0.25) is 10.1 Å². The second kappa shape index (κ2) is 7.27. The minimum Gasteiger partial charge on any atom is -0.546 e. The number of nitro groups is 1. The number of methoxy groups -OCH3 is 1. The lowest BCUT2D eigenvalue weighted by atomic mass is 10.1. The molecule has 0 bridgehead atoms. The van der Waals surface area contributed by atoms with Crippen molar-refractivity contribution in [3.05, 3.63) is 45.3 Å². The highest BCUT2D eigenvalue weighted by Crippen LogP contribution is 2.33. The second-order valence-electron chi connectivity index (χ2n) is 4.61. The largest absolute Gasteiger partial charge is 0.546 e. The highest BCUT2D eigenvalue weighted by atomic mass is 16.6. The van der Waals surface area contributed by atoms with Crippen LogP contribution in [0.1, 0.15) is 17.0 Å². The van der Waals surface area contributed by atoms with Gasteiger partial charge in [-0.25, -0.2) is 0 Å². The van der Waals surface area contributed by atoms with E-state index in [1.807, 2.05) is 0 Å². The van der Waals surface area contributed by atoms with E-state index in [1.165, 1.54) is 26.2 Å². The summed E-state index contributed by atoms with van der Waals surface area (Å²) in [6.45, 7) is 0.793. The molecule has 0 N–H and O–H groups in total. The van der Waals surface area contributed by atoms with Crippen LogP contribution in [0.15, 0.2) is 22.7 Å². The predicted molar refractivity (Wildman–Crippen MR) is 80.3 cm³/mol. The first-order chi connectivity index (χ1) is 11.4. The first kappa shape index (κ1) is 17.0. The number of carbonyl (C=O) groups is 1. The third-order valence-electron chi connectivity index (χ3n) is 3.02. The summed E-state index contributed by atoms with van der Waals surface area (Å²) in [5.74, 6) is -0.954. The van der Waals surface area contributed by atoms with Crippen molar-refractivity contribution in [1.82, 2.24) is 5.16 Å². The normalized spacial score (nSPS) is 10.8. The van der Waals surface area contributed by atoms with Gasteiger partial charge in [-0.1, -0.05) is 17.3 Å². The lowest BCUT2D eigenvalue weighted by Gasteiger charge is -2.13. The van der Waals surface area contributed by atoms with Gasteiger partial charge in [-0.05, 0) is 25.1 Å². The van der Waals surface area contributed by atoms with Gasteiger partial charge in [0.15, 0.2) is 17.2 Å². The number of para-hydroxylation sites is 1. The summed E-state index contributed by atoms with van der Waals surface area (Å²) in [7, 11) is 1.40. The summed E-state index contributed by atoms with van der Waals surface area (Å²) < 4.78 is 15.2. The number of carboxylic acids is 1. The smallest absolute Gasteiger partial charge is 0.338 e. The van der Waals surface area contributed by atoms with Gasteiger partial charge >= 0.3 is 5.69 Å². The predicted octanol–water partition coefficient (Wildman–Crippen LogP) is 1.20. The van der Waals surface area contributed by atoms with Gasteiger partial charge in [0, 0.05) is 5.56 Å². The fourth-order valence-electron chi connectivity index (χ4n) is 1.99. The van der Waals surface area contributed by atoms with Crippen LogP contribution in [-0.2, 0) is 4.79 Å². The van der Waals surface area contributed by atoms with Crippen LogP contribution >= 0.6 is 0 Å². The second-order valence-corrected chi connectivity index (χ2v) is 4.61. The number of carboxylic acid groups (broad SMARTS) is 1. The van der Waals surface area contributed by atoms with E-state index in [2.05, 4.69) is 5.16 Å². The minimum absolute atomic E-state index is 0.0360. The van der Waals surface area contributed by atoms with Gasteiger partial charge < -0.3 is 23.9 Å². The average Bonchev–Trinajstić information content (AvgIpc) is 2.91. The quantitative estimate of drug-likeness (QED) is 0.546. The molecule has 0 saturated heterocycles. The maximum absolute atomic E-state index is 11.0. The van der Waals surface area contributed by atoms with E-state index >= 15 is 0 Å². The molecule has 1 aromatic heterocycles. The molecule has 126 valence electrons. The van der Waals surface area contributed by atoms with Crippen molar-refractivity contribution in [2.24, 2.45) is 0 Å². The van der Waals surface area contributed by atoms with Crippen LogP contribution in [0, 0.1) is 17.0 Å². The lowest BCUT2D eigenvalue weighted by Crippen LogP contribution is -2.29. The number of rotatable bonds is 7. The molecular formula is C15H13N2O7-. The molecule has 0 saturated carbocycles. The van der Waals surface area contributed by atoms with E-state index in [1.54, 1.807) is 18.2 Å². The van der Waals surface area contributed by atoms with Crippen LogP contribution in [0.2, 0.25) is 0 Å². The Morgan fingerprint density at radius 3 is 2.79 bits per heavy atom. The highest BCUT2D eigenvalue weighted by Gasteiger charge is 2.22. The van der Waals surface area contributed by atoms with E-state index in [4.69, 9.17) is 14.0 Å². The highest BCUT2D eigenvalue weighted by molar-refractivity contribution is 5.76. The maximum Gasteiger partial charge on any atom is 0.338 e. The Balaban J connectivity index is 2.38. The van der Waals surface area contributed by atoms with Crippen LogP contribution in [-0.4, -0.2) is 29.8 Å². The molecule has 0 amide bonds. The van der Waals surface area contributed by atoms with Gasteiger partial charge in [-0.15, -0.1) is 0 Å².